The molecule has 1 aliphatic carbocycles. The standard InChI is InChI=1S/C13H14ClFO2S/c14-10-2-1-9(5-11(10)15)7-18-8-13(3-4-13)6-12(16)17/h1-2,5H,3-4,6-8H2,(H,16,17). The van der Waals surface area contributed by atoms with Crippen molar-refractivity contribution in [3.05, 3.63) is 34.6 Å². The highest BCUT2D eigenvalue weighted by molar-refractivity contribution is 7.98. The predicted octanol–water partition coefficient (Wildman–Crippen LogP) is 3.97. The molecule has 0 spiro atoms. The second-order valence-corrected chi connectivity index (χ2v) is 6.20. The van der Waals surface area contributed by atoms with Crippen molar-refractivity contribution in [1.82, 2.24) is 0 Å². The molecule has 98 valence electrons. The van der Waals surface area contributed by atoms with Crippen LogP contribution in [0.1, 0.15) is 24.8 Å². The second-order valence-electron chi connectivity index (χ2n) is 4.81. The van der Waals surface area contributed by atoms with Crippen molar-refractivity contribution in [2.45, 2.75) is 25.0 Å². The Balaban J connectivity index is 1.82. The second kappa shape index (κ2) is 5.49. The van der Waals surface area contributed by atoms with Crippen molar-refractivity contribution in [3.63, 3.8) is 0 Å². The van der Waals surface area contributed by atoms with Crippen LogP contribution in [-0.4, -0.2) is 16.8 Å². The van der Waals surface area contributed by atoms with Crippen LogP contribution in [0.2, 0.25) is 5.02 Å². The van der Waals surface area contributed by atoms with Gasteiger partial charge in [0.05, 0.1) is 11.4 Å². The zero-order valence-corrected chi connectivity index (χ0v) is 11.4. The minimum Gasteiger partial charge on any atom is -0.481 e. The van der Waals surface area contributed by atoms with Crippen LogP contribution in [0.25, 0.3) is 0 Å². The highest BCUT2D eigenvalue weighted by atomic mass is 35.5. The number of carbonyl (C=O) groups is 1. The number of benzene rings is 1. The largest absolute Gasteiger partial charge is 0.481 e. The molecular formula is C13H14ClFO2S. The van der Waals surface area contributed by atoms with E-state index in [-0.39, 0.29) is 16.9 Å². The number of hydrogen-bond acceptors (Lipinski definition) is 2. The predicted molar refractivity (Wildman–Crippen MR) is 71.5 cm³/mol. The maximum atomic E-state index is 13.2. The van der Waals surface area contributed by atoms with Crippen LogP contribution in [0.4, 0.5) is 4.39 Å². The topological polar surface area (TPSA) is 37.3 Å². The first-order chi connectivity index (χ1) is 8.51. The lowest BCUT2D eigenvalue weighted by Crippen LogP contribution is -2.11. The molecule has 0 saturated heterocycles. The number of aliphatic carboxylic acids is 1. The summed E-state index contributed by atoms with van der Waals surface area (Å²) in [6.45, 7) is 0. The minimum absolute atomic E-state index is 0.0124. The van der Waals surface area contributed by atoms with Crippen molar-refractivity contribution in [3.8, 4) is 0 Å². The number of halogens is 2. The molecule has 0 unspecified atom stereocenters. The van der Waals surface area contributed by atoms with E-state index in [4.69, 9.17) is 16.7 Å². The van der Waals surface area contributed by atoms with Gasteiger partial charge in [-0.05, 0) is 41.7 Å². The van der Waals surface area contributed by atoms with Crippen molar-refractivity contribution < 1.29 is 14.3 Å². The lowest BCUT2D eigenvalue weighted by atomic mass is 10.1. The van der Waals surface area contributed by atoms with Gasteiger partial charge in [-0.2, -0.15) is 11.8 Å². The van der Waals surface area contributed by atoms with Gasteiger partial charge in [-0.1, -0.05) is 17.7 Å². The third kappa shape index (κ3) is 3.62. The molecule has 2 rings (SSSR count). The summed E-state index contributed by atoms with van der Waals surface area (Å²) >= 11 is 7.27. The molecule has 1 fully saturated rings. The number of carboxylic acid groups (broad SMARTS) is 1. The monoisotopic (exact) mass is 288 g/mol. The van der Waals surface area contributed by atoms with Crippen LogP contribution in [0.5, 0.6) is 0 Å². The Hall–Kier alpha value is -0.740. The molecule has 0 bridgehead atoms. The fourth-order valence-electron chi connectivity index (χ4n) is 1.88. The summed E-state index contributed by atoms with van der Waals surface area (Å²) in [7, 11) is 0. The average Bonchev–Trinajstić information content (AvgIpc) is 3.02. The Morgan fingerprint density at radius 1 is 1.50 bits per heavy atom. The van der Waals surface area contributed by atoms with Gasteiger partial charge in [0.2, 0.25) is 0 Å². The van der Waals surface area contributed by atoms with E-state index in [0.29, 0.717) is 5.75 Å². The fourth-order valence-corrected chi connectivity index (χ4v) is 3.34. The average molecular weight is 289 g/mol. The Labute approximate surface area is 115 Å². The molecule has 1 aromatic carbocycles. The maximum absolute atomic E-state index is 13.2. The molecule has 0 amide bonds. The lowest BCUT2D eigenvalue weighted by molar-refractivity contribution is -0.138. The van der Waals surface area contributed by atoms with Crippen LogP contribution in [0, 0.1) is 11.2 Å². The van der Waals surface area contributed by atoms with Gasteiger partial charge in [0.25, 0.3) is 0 Å². The summed E-state index contributed by atoms with van der Waals surface area (Å²) in [5, 5.41) is 8.93. The first-order valence-electron chi connectivity index (χ1n) is 5.74. The number of thioether (sulfide) groups is 1. The van der Waals surface area contributed by atoms with E-state index in [1.807, 2.05) is 0 Å². The number of carboxylic acids is 1. The Morgan fingerprint density at radius 2 is 2.22 bits per heavy atom. The maximum Gasteiger partial charge on any atom is 0.303 e. The molecule has 0 aliphatic heterocycles. The smallest absolute Gasteiger partial charge is 0.303 e. The van der Waals surface area contributed by atoms with Gasteiger partial charge in [0, 0.05) is 5.75 Å². The van der Waals surface area contributed by atoms with Crippen LogP contribution in [0.15, 0.2) is 18.2 Å². The lowest BCUT2D eigenvalue weighted by Gasteiger charge is -2.11. The van der Waals surface area contributed by atoms with E-state index in [9.17, 15) is 9.18 Å². The first-order valence-corrected chi connectivity index (χ1v) is 7.28. The summed E-state index contributed by atoms with van der Waals surface area (Å²) in [5.41, 5.74) is 0.870. The summed E-state index contributed by atoms with van der Waals surface area (Å²) in [4.78, 5) is 10.7. The van der Waals surface area contributed by atoms with Crippen molar-refractivity contribution >= 4 is 29.3 Å². The minimum atomic E-state index is -0.731. The fraction of sp³-hybridized carbons (Fsp3) is 0.462. The number of rotatable bonds is 6. The zero-order valence-electron chi connectivity index (χ0n) is 9.79. The molecule has 1 saturated carbocycles. The van der Waals surface area contributed by atoms with Crippen molar-refractivity contribution in [2.24, 2.45) is 5.41 Å². The summed E-state index contributed by atoms with van der Waals surface area (Å²) in [6, 6.07) is 4.79. The van der Waals surface area contributed by atoms with Crippen LogP contribution < -0.4 is 0 Å². The SMILES string of the molecule is O=C(O)CC1(CSCc2ccc(Cl)c(F)c2)CC1. The summed E-state index contributed by atoms with van der Waals surface area (Å²) in [5.74, 6) is 0.381. The third-order valence-electron chi connectivity index (χ3n) is 3.14. The quantitative estimate of drug-likeness (QED) is 0.861. The summed E-state index contributed by atoms with van der Waals surface area (Å²) < 4.78 is 13.2. The zero-order chi connectivity index (χ0) is 13.2. The molecule has 1 aromatic rings. The van der Waals surface area contributed by atoms with Gasteiger partial charge in [0.15, 0.2) is 0 Å². The molecule has 2 nitrogen and oxygen atoms in total. The third-order valence-corrected chi connectivity index (χ3v) is 4.80. The number of hydrogen-bond donors (Lipinski definition) is 1. The van der Waals surface area contributed by atoms with Gasteiger partial charge in [-0.15, -0.1) is 0 Å². The van der Waals surface area contributed by atoms with Gasteiger partial charge < -0.3 is 5.11 Å². The van der Waals surface area contributed by atoms with Gasteiger partial charge in [-0.25, -0.2) is 4.39 Å². The first kappa shape index (κ1) is 13.7. The van der Waals surface area contributed by atoms with E-state index in [1.165, 1.54) is 6.07 Å². The molecule has 0 heterocycles. The van der Waals surface area contributed by atoms with Crippen LogP contribution >= 0.6 is 23.4 Å². The Kier molecular flexibility index (Phi) is 4.17. The highest BCUT2D eigenvalue weighted by Gasteiger charge is 2.43. The molecule has 1 aliphatic rings. The van der Waals surface area contributed by atoms with E-state index < -0.39 is 11.8 Å². The van der Waals surface area contributed by atoms with Crippen molar-refractivity contribution in [2.75, 3.05) is 5.75 Å². The normalized spacial score (nSPS) is 16.6. The van der Waals surface area contributed by atoms with Gasteiger partial charge in [-0.3, -0.25) is 4.79 Å². The van der Waals surface area contributed by atoms with E-state index in [0.717, 1.165) is 24.2 Å². The highest BCUT2D eigenvalue weighted by Crippen LogP contribution is 2.51. The van der Waals surface area contributed by atoms with E-state index in [2.05, 4.69) is 0 Å². The Bertz CT molecular complexity index is 460. The van der Waals surface area contributed by atoms with E-state index in [1.54, 1.807) is 23.9 Å². The summed E-state index contributed by atoms with van der Waals surface area (Å²) in [6.07, 6.45) is 2.22. The molecule has 0 radical (unpaired) electrons. The molecule has 0 aromatic heterocycles. The molecule has 0 atom stereocenters. The molecule has 1 N–H and O–H groups in total. The Morgan fingerprint density at radius 3 is 2.78 bits per heavy atom. The van der Waals surface area contributed by atoms with Crippen molar-refractivity contribution in [1.29, 1.82) is 0 Å². The van der Waals surface area contributed by atoms with Crippen LogP contribution in [-0.2, 0) is 10.5 Å². The van der Waals surface area contributed by atoms with E-state index >= 15 is 0 Å². The molecular weight excluding hydrogens is 275 g/mol. The van der Waals surface area contributed by atoms with Gasteiger partial charge >= 0.3 is 5.97 Å². The van der Waals surface area contributed by atoms with Crippen LogP contribution in [0.3, 0.4) is 0 Å². The molecule has 5 heteroatoms. The van der Waals surface area contributed by atoms with Gasteiger partial charge in [0.1, 0.15) is 5.82 Å². The molecule has 18 heavy (non-hydrogen) atoms.